The summed E-state index contributed by atoms with van der Waals surface area (Å²) in [6, 6.07) is 16.0. The van der Waals surface area contributed by atoms with Gasteiger partial charge in [-0.2, -0.15) is 0 Å². The van der Waals surface area contributed by atoms with Gasteiger partial charge in [0.15, 0.2) is 0 Å². The largest absolute Gasteiger partial charge is 0.516 e. The van der Waals surface area contributed by atoms with Crippen molar-refractivity contribution in [3.63, 3.8) is 0 Å². The van der Waals surface area contributed by atoms with E-state index in [-0.39, 0.29) is 12.5 Å². The Hall–Kier alpha value is -2.88. The van der Waals surface area contributed by atoms with Gasteiger partial charge in [0.1, 0.15) is 6.61 Å². The molecule has 0 N–H and O–H groups in total. The monoisotopic (exact) mass is 294 g/mol. The Bertz CT molecular complexity index is 703. The third-order valence-electron chi connectivity index (χ3n) is 3.68. The molecule has 0 fully saturated rings. The smallest absolute Gasteiger partial charge is 0.433 e. The SMILES string of the molecule is C=CC(=O)OC(=O)OCC1c2ccccc2-c2ccccc21. The number of benzene rings is 2. The van der Waals surface area contributed by atoms with E-state index in [4.69, 9.17) is 4.74 Å². The minimum absolute atomic E-state index is 0.0567. The van der Waals surface area contributed by atoms with E-state index < -0.39 is 12.1 Å². The molecular weight excluding hydrogens is 280 g/mol. The number of esters is 1. The molecule has 0 unspecified atom stereocenters. The van der Waals surface area contributed by atoms with Crippen molar-refractivity contribution in [2.24, 2.45) is 0 Å². The van der Waals surface area contributed by atoms with Gasteiger partial charge in [0.2, 0.25) is 0 Å². The highest BCUT2D eigenvalue weighted by Crippen LogP contribution is 2.44. The Labute approximate surface area is 128 Å². The predicted molar refractivity (Wildman–Crippen MR) is 81.4 cm³/mol. The van der Waals surface area contributed by atoms with Crippen LogP contribution in [-0.2, 0) is 14.3 Å². The molecule has 0 saturated carbocycles. The maximum atomic E-state index is 11.5. The van der Waals surface area contributed by atoms with Gasteiger partial charge < -0.3 is 9.47 Å². The van der Waals surface area contributed by atoms with Gasteiger partial charge >= 0.3 is 12.1 Å². The van der Waals surface area contributed by atoms with Crippen molar-refractivity contribution in [3.8, 4) is 11.1 Å². The van der Waals surface area contributed by atoms with Crippen LogP contribution in [0.4, 0.5) is 4.79 Å². The van der Waals surface area contributed by atoms with Crippen molar-refractivity contribution in [3.05, 3.63) is 72.3 Å². The number of hydrogen-bond acceptors (Lipinski definition) is 4. The van der Waals surface area contributed by atoms with Crippen LogP contribution in [-0.4, -0.2) is 18.7 Å². The molecule has 2 aromatic carbocycles. The maximum absolute atomic E-state index is 11.5. The van der Waals surface area contributed by atoms with E-state index in [0.717, 1.165) is 28.3 Å². The Balaban J connectivity index is 1.81. The predicted octanol–water partition coefficient (Wildman–Crippen LogP) is 3.66. The van der Waals surface area contributed by atoms with E-state index in [1.807, 2.05) is 48.5 Å². The minimum Gasteiger partial charge on any atom is -0.433 e. The van der Waals surface area contributed by atoms with Crippen molar-refractivity contribution in [2.45, 2.75) is 5.92 Å². The number of carbonyl (C=O) groups is 2. The highest BCUT2D eigenvalue weighted by atomic mass is 16.7. The first-order chi connectivity index (χ1) is 10.7. The summed E-state index contributed by atoms with van der Waals surface area (Å²) in [6.45, 7) is 3.35. The van der Waals surface area contributed by atoms with Gasteiger partial charge in [-0.25, -0.2) is 9.59 Å². The molecule has 4 heteroatoms. The molecule has 110 valence electrons. The molecule has 0 atom stereocenters. The van der Waals surface area contributed by atoms with Crippen LogP contribution in [0.25, 0.3) is 11.1 Å². The third kappa shape index (κ3) is 2.51. The first kappa shape index (κ1) is 14.1. The Morgan fingerprint density at radius 1 is 1.00 bits per heavy atom. The van der Waals surface area contributed by atoms with Crippen molar-refractivity contribution in [1.29, 1.82) is 0 Å². The van der Waals surface area contributed by atoms with Crippen LogP contribution < -0.4 is 0 Å². The second kappa shape index (κ2) is 5.85. The number of rotatable bonds is 3. The van der Waals surface area contributed by atoms with Crippen molar-refractivity contribution in [2.75, 3.05) is 6.61 Å². The molecule has 0 aliphatic heterocycles. The fraction of sp³-hybridized carbons (Fsp3) is 0.111. The summed E-state index contributed by atoms with van der Waals surface area (Å²) >= 11 is 0. The van der Waals surface area contributed by atoms with Crippen LogP contribution in [0.2, 0.25) is 0 Å². The molecule has 0 saturated heterocycles. The molecule has 0 bridgehead atoms. The lowest BCUT2D eigenvalue weighted by Crippen LogP contribution is -2.16. The molecule has 0 radical (unpaired) electrons. The van der Waals surface area contributed by atoms with E-state index in [1.165, 1.54) is 0 Å². The molecule has 0 spiro atoms. The Morgan fingerprint density at radius 2 is 1.55 bits per heavy atom. The second-order valence-corrected chi connectivity index (χ2v) is 4.91. The van der Waals surface area contributed by atoms with E-state index in [2.05, 4.69) is 11.3 Å². The van der Waals surface area contributed by atoms with Gasteiger partial charge in [-0.1, -0.05) is 55.1 Å². The summed E-state index contributed by atoms with van der Waals surface area (Å²) in [5.41, 5.74) is 4.49. The van der Waals surface area contributed by atoms with E-state index >= 15 is 0 Å². The van der Waals surface area contributed by atoms with Gasteiger partial charge in [0, 0.05) is 12.0 Å². The zero-order valence-corrected chi connectivity index (χ0v) is 11.8. The third-order valence-corrected chi connectivity index (χ3v) is 3.68. The summed E-state index contributed by atoms with van der Waals surface area (Å²) in [5.74, 6) is -0.879. The topological polar surface area (TPSA) is 52.6 Å². The van der Waals surface area contributed by atoms with Crippen LogP contribution >= 0.6 is 0 Å². The van der Waals surface area contributed by atoms with E-state index in [1.54, 1.807) is 0 Å². The molecule has 1 aliphatic rings. The highest BCUT2D eigenvalue weighted by molar-refractivity contribution is 5.89. The molecule has 0 heterocycles. The average Bonchev–Trinajstić information content (AvgIpc) is 2.87. The fourth-order valence-corrected chi connectivity index (χ4v) is 2.74. The zero-order chi connectivity index (χ0) is 15.5. The lowest BCUT2D eigenvalue weighted by molar-refractivity contribution is -0.134. The first-order valence-electron chi connectivity index (χ1n) is 6.90. The van der Waals surface area contributed by atoms with E-state index in [9.17, 15) is 9.59 Å². The second-order valence-electron chi connectivity index (χ2n) is 4.91. The van der Waals surface area contributed by atoms with Crippen LogP contribution in [0.15, 0.2) is 61.2 Å². The van der Waals surface area contributed by atoms with Gasteiger partial charge in [-0.3, -0.25) is 0 Å². The number of ether oxygens (including phenoxy) is 2. The first-order valence-corrected chi connectivity index (χ1v) is 6.90. The summed E-state index contributed by atoms with van der Waals surface area (Å²) < 4.78 is 9.50. The normalized spacial score (nSPS) is 12.2. The van der Waals surface area contributed by atoms with Crippen molar-refractivity contribution in [1.82, 2.24) is 0 Å². The molecule has 1 aliphatic carbocycles. The Kier molecular flexibility index (Phi) is 3.74. The number of carbonyl (C=O) groups excluding carboxylic acids is 2. The van der Waals surface area contributed by atoms with Crippen molar-refractivity contribution < 1.29 is 19.1 Å². The van der Waals surface area contributed by atoms with Crippen LogP contribution in [0.5, 0.6) is 0 Å². The average molecular weight is 294 g/mol. The molecule has 4 nitrogen and oxygen atoms in total. The number of fused-ring (bicyclic) bond motifs is 3. The number of hydrogen-bond donors (Lipinski definition) is 0. The molecule has 0 aromatic heterocycles. The van der Waals surface area contributed by atoms with Gasteiger partial charge in [0.05, 0.1) is 0 Å². The van der Waals surface area contributed by atoms with Gasteiger partial charge in [-0.05, 0) is 22.3 Å². The molecule has 3 rings (SSSR count). The standard InChI is InChI=1S/C18H14O4/c1-2-17(19)22-18(20)21-11-16-14-9-5-3-7-12(14)13-8-4-6-10-15(13)16/h2-10,16H,1,11H2. The molecule has 22 heavy (non-hydrogen) atoms. The zero-order valence-electron chi connectivity index (χ0n) is 11.8. The highest BCUT2D eigenvalue weighted by Gasteiger charge is 2.29. The van der Waals surface area contributed by atoms with Gasteiger partial charge in [-0.15, -0.1) is 0 Å². The summed E-state index contributed by atoms with van der Waals surface area (Å²) in [5, 5.41) is 0. The maximum Gasteiger partial charge on any atom is 0.516 e. The lowest BCUT2D eigenvalue weighted by Gasteiger charge is -2.13. The molecule has 2 aromatic rings. The van der Waals surface area contributed by atoms with Crippen LogP contribution in [0.1, 0.15) is 17.0 Å². The summed E-state index contributed by atoms with van der Waals surface area (Å²) in [4.78, 5) is 22.5. The van der Waals surface area contributed by atoms with E-state index in [0.29, 0.717) is 0 Å². The van der Waals surface area contributed by atoms with Crippen LogP contribution in [0, 0.1) is 0 Å². The fourth-order valence-electron chi connectivity index (χ4n) is 2.74. The minimum atomic E-state index is -1.01. The quantitative estimate of drug-likeness (QED) is 0.492. The summed E-state index contributed by atoms with van der Waals surface area (Å²) in [7, 11) is 0. The Morgan fingerprint density at radius 3 is 2.09 bits per heavy atom. The lowest BCUT2D eigenvalue weighted by atomic mass is 9.98. The molecular formula is C18H14O4. The van der Waals surface area contributed by atoms with Crippen LogP contribution in [0.3, 0.4) is 0 Å². The molecule has 0 amide bonds. The van der Waals surface area contributed by atoms with Gasteiger partial charge in [0.25, 0.3) is 0 Å². The summed E-state index contributed by atoms with van der Waals surface area (Å²) in [6.07, 6.45) is -0.0895. The van der Waals surface area contributed by atoms with Crippen molar-refractivity contribution >= 4 is 12.1 Å².